The maximum atomic E-state index is 11.0. The van der Waals surface area contributed by atoms with E-state index in [-0.39, 0.29) is 24.1 Å². The standard InChI is InChI=1S/C12H18O4.C7H12O3/c1-9(2)11(13)15-7-5-6-8-16-12(14)10(3)4;1-3-4-10-7(9)6(2)5-8/h1,3,5-8H2,2,4H3;8H,2-5H2,1H3. The molecule has 7 nitrogen and oxygen atoms in total. The zero-order valence-corrected chi connectivity index (χ0v) is 16.0. The SMILES string of the molecule is C=C(C)C(=O)OCCCCOC(=O)C(=C)C.C=C(CO)C(=O)OCCC. The quantitative estimate of drug-likeness (QED) is 0.258. The second-order valence-electron chi connectivity index (χ2n) is 5.44. The molecular formula is C19H30O7. The van der Waals surface area contributed by atoms with Gasteiger partial charge in [-0.1, -0.05) is 26.7 Å². The molecule has 0 aliphatic heterocycles. The van der Waals surface area contributed by atoms with E-state index in [1.807, 2.05) is 6.92 Å². The lowest BCUT2D eigenvalue weighted by molar-refractivity contribution is -0.141. The van der Waals surface area contributed by atoms with Gasteiger partial charge in [0.05, 0.1) is 32.0 Å². The average Bonchev–Trinajstić information content (AvgIpc) is 2.61. The zero-order valence-electron chi connectivity index (χ0n) is 16.0. The van der Waals surface area contributed by atoms with Crippen LogP contribution in [0.15, 0.2) is 36.5 Å². The van der Waals surface area contributed by atoms with Crippen LogP contribution in [0.4, 0.5) is 0 Å². The van der Waals surface area contributed by atoms with Crippen LogP contribution in [0.2, 0.25) is 0 Å². The van der Waals surface area contributed by atoms with E-state index in [0.29, 0.717) is 43.8 Å². The number of hydrogen-bond donors (Lipinski definition) is 1. The van der Waals surface area contributed by atoms with Gasteiger partial charge in [0.15, 0.2) is 0 Å². The summed E-state index contributed by atoms with van der Waals surface area (Å²) in [5.74, 6) is -1.29. The second kappa shape index (κ2) is 16.1. The Kier molecular flexibility index (Phi) is 16.0. The molecule has 0 bridgehead atoms. The van der Waals surface area contributed by atoms with E-state index < -0.39 is 5.97 Å². The Bertz CT molecular complexity index is 476. The van der Waals surface area contributed by atoms with Gasteiger partial charge in [-0.15, -0.1) is 0 Å². The number of aliphatic hydroxyl groups excluding tert-OH is 1. The van der Waals surface area contributed by atoms with Crippen LogP contribution in [0.3, 0.4) is 0 Å². The Hall–Kier alpha value is -2.41. The van der Waals surface area contributed by atoms with Gasteiger partial charge in [0.2, 0.25) is 0 Å². The third-order valence-corrected chi connectivity index (χ3v) is 2.62. The van der Waals surface area contributed by atoms with Crippen molar-refractivity contribution < 1.29 is 33.7 Å². The van der Waals surface area contributed by atoms with Crippen LogP contribution < -0.4 is 0 Å². The van der Waals surface area contributed by atoms with Gasteiger partial charge in [0.25, 0.3) is 0 Å². The van der Waals surface area contributed by atoms with Gasteiger partial charge in [0, 0.05) is 11.1 Å². The molecule has 0 atom stereocenters. The van der Waals surface area contributed by atoms with Gasteiger partial charge < -0.3 is 19.3 Å². The number of hydrogen-bond acceptors (Lipinski definition) is 7. The molecule has 0 spiro atoms. The average molecular weight is 370 g/mol. The first-order chi connectivity index (χ1) is 12.2. The predicted octanol–water partition coefficient (Wildman–Crippen LogP) is 2.49. The van der Waals surface area contributed by atoms with Gasteiger partial charge in [-0.25, -0.2) is 14.4 Å². The first kappa shape index (κ1) is 25.8. The van der Waals surface area contributed by atoms with Crippen molar-refractivity contribution in [3.63, 3.8) is 0 Å². The fourth-order valence-electron chi connectivity index (χ4n) is 1.14. The van der Waals surface area contributed by atoms with Gasteiger partial charge in [-0.3, -0.25) is 0 Å². The van der Waals surface area contributed by atoms with Crippen LogP contribution in [0.25, 0.3) is 0 Å². The van der Waals surface area contributed by atoms with Gasteiger partial charge in [0.1, 0.15) is 0 Å². The van der Waals surface area contributed by atoms with E-state index in [1.54, 1.807) is 13.8 Å². The Morgan fingerprint density at radius 2 is 1.15 bits per heavy atom. The molecule has 7 heteroatoms. The number of ether oxygens (including phenoxy) is 3. The molecule has 0 aromatic heterocycles. The van der Waals surface area contributed by atoms with Gasteiger partial charge in [-0.05, 0) is 33.1 Å². The summed E-state index contributed by atoms with van der Waals surface area (Å²) in [7, 11) is 0. The van der Waals surface area contributed by atoms with Crippen LogP contribution in [0, 0.1) is 0 Å². The highest BCUT2D eigenvalue weighted by Gasteiger charge is 2.05. The van der Waals surface area contributed by atoms with Crippen molar-refractivity contribution >= 4 is 17.9 Å². The molecule has 0 radical (unpaired) electrons. The minimum Gasteiger partial charge on any atom is -0.462 e. The highest BCUT2D eigenvalue weighted by Crippen LogP contribution is 1.98. The van der Waals surface area contributed by atoms with Crippen LogP contribution in [0.1, 0.15) is 40.0 Å². The Labute approximate surface area is 155 Å². The zero-order chi connectivity index (χ0) is 20.5. The summed E-state index contributed by atoms with van der Waals surface area (Å²) in [6, 6.07) is 0. The first-order valence-electron chi connectivity index (χ1n) is 8.28. The van der Waals surface area contributed by atoms with Crippen molar-refractivity contribution in [1.82, 2.24) is 0 Å². The maximum Gasteiger partial charge on any atom is 0.335 e. The lowest BCUT2D eigenvalue weighted by Gasteiger charge is -2.05. The molecule has 0 rings (SSSR count). The lowest BCUT2D eigenvalue weighted by Crippen LogP contribution is -2.10. The van der Waals surface area contributed by atoms with Crippen LogP contribution in [-0.4, -0.2) is 49.4 Å². The molecule has 0 aliphatic carbocycles. The molecule has 148 valence electrons. The van der Waals surface area contributed by atoms with E-state index >= 15 is 0 Å². The molecule has 0 saturated heterocycles. The summed E-state index contributed by atoms with van der Waals surface area (Å²) in [5, 5.41) is 8.40. The van der Waals surface area contributed by atoms with Crippen LogP contribution in [-0.2, 0) is 28.6 Å². The highest BCUT2D eigenvalue weighted by atomic mass is 16.5. The number of carbonyl (C=O) groups excluding carboxylic acids is 3. The molecule has 26 heavy (non-hydrogen) atoms. The first-order valence-corrected chi connectivity index (χ1v) is 8.28. The van der Waals surface area contributed by atoms with E-state index in [9.17, 15) is 14.4 Å². The van der Waals surface area contributed by atoms with Crippen LogP contribution in [0.5, 0.6) is 0 Å². The van der Waals surface area contributed by atoms with E-state index in [0.717, 1.165) is 6.42 Å². The van der Waals surface area contributed by atoms with Gasteiger partial charge in [-0.2, -0.15) is 0 Å². The molecule has 0 aliphatic rings. The Morgan fingerprint density at radius 3 is 1.46 bits per heavy atom. The summed E-state index contributed by atoms with van der Waals surface area (Å²) in [5.41, 5.74) is 0.871. The summed E-state index contributed by atoms with van der Waals surface area (Å²) >= 11 is 0. The summed E-state index contributed by atoms with van der Waals surface area (Å²) in [6.45, 7) is 16.0. The fourth-order valence-corrected chi connectivity index (χ4v) is 1.14. The summed E-state index contributed by atoms with van der Waals surface area (Å²) in [6.07, 6.45) is 2.09. The smallest absolute Gasteiger partial charge is 0.335 e. The molecule has 0 heterocycles. The van der Waals surface area contributed by atoms with Crippen LogP contribution >= 0.6 is 0 Å². The monoisotopic (exact) mass is 370 g/mol. The summed E-state index contributed by atoms with van der Waals surface area (Å²) < 4.78 is 14.4. The van der Waals surface area contributed by atoms with Crippen molar-refractivity contribution in [3.8, 4) is 0 Å². The summed E-state index contributed by atoms with van der Waals surface area (Å²) in [4.78, 5) is 32.6. The molecule has 0 saturated carbocycles. The van der Waals surface area contributed by atoms with Crippen molar-refractivity contribution in [2.45, 2.75) is 40.0 Å². The van der Waals surface area contributed by atoms with E-state index in [1.165, 1.54) is 0 Å². The Balaban J connectivity index is 0. The topological polar surface area (TPSA) is 99.1 Å². The molecular weight excluding hydrogens is 340 g/mol. The Morgan fingerprint density at radius 1 is 0.769 bits per heavy atom. The number of rotatable bonds is 11. The normalized spacial score (nSPS) is 9.23. The molecule has 1 N–H and O–H groups in total. The predicted molar refractivity (Wildman–Crippen MR) is 98.3 cm³/mol. The minimum atomic E-state index is -0.510. The minimum absolute atomic E-state index is 0.105. The van der Waals surface area contributed by atoms with E-state index in [2.05, 4.69) is 24.5 Å². The number of unbranched alkanes of at least 4 members (excludes halogenated alkanes) is 1. The third kappa shape index (κ3) is 15.1. The number of esters is 3. The van der Waals surface area contributed by atoms with Crippen molar-refractivity contribution in [2.24, 2.45) is 0 Å². The number of aliphatic hydroxyl groups is 1. The molecule has 0 aromatic carbocycles. The molecule has 0 amide bonds. The largest absolute Gasteiger partial charge is 0.462 e. The van der Waals surface area contributed by atoms with Gasteiger partial charge >= 0.3 is 17.9 Å². The van der Waals surface area contributed by atoms with Crippen molar-refractivity contribution in [2.75, 3.05) is 26.4 Å². The molecule has 0 aromatic rings. The van der Waals surface area contributed by atoms with Crippen molar-refractivity contribution in [3.05, 3.63) is 36.5 Å². The lowest BCUT2D eigenvalue weighted by atomic mass is 10.3. The number of carbonyl (C=O) groups is 3. The second-order valence-corrected chi connectivity index (χ2v) is 5.44. The highest BCUT2D eigenvalue weighted by molar-refractivity contribution is 5.88. The van der Waals surface area contributed by atoms with Crippen molar-refractivity contribution in [1.29, 1.82) is 0 Å². The molecule has 0 unspecified atom stereocenters. The maximum absolute atomic E-state index is 11.0. The molecule has 0 fully saturated rings. The van der Waals surface area contributed by atoms with E-state index in [4.69, 9.17) is 14.6 Å². The third-order valence-electron chi connectivity index (χ3n) is 2.62. The fraction of sp³-hybridized carbons (Fsp3) is 0.526.